The minimum Gasteiger partial charge on any atom is -1.00 e. The molecule has 0 atom stereocenters. The van der Waals surface area contributed by atoms with Crippen molar-refractivity contribution in [3.05, 3.63) is 71.3 Å². The standard InChI is InChI=1S/C32H50NO.BrH/c1-4-7-10-16-25-33(26-17-11-8-5-2,27-18-12-9-6-3)28-29-21-23-31(24-22-29)32(34)30-19-14-13-15-20-30;/h13-15,19-24H,4-12,16-18,25-28H2,1-3H3;1H/q+1;/p-1. The Morgan fingerprint density at radius 2 is 1.00 bits per heavy atom. The van der Waals surface area contributed by atoms with Crippen molar-refractivity contribution < 1.29 is 26.3 Å². The molecule has 0 saturated carbocycles. The maximum Gasteiger partial charge on any atom is 0.193 e. The van der Waals surface area contributed by atoms with Gasteiger partial charge in [0.05, 0.1) is 19.6 Å². The monoisotopic (exact) mass is 543 g/mol. The lowest BCUT2D eigenvalue weighted by atomic mass is 10.0. The van der Waals surface area contributed by atoms with Crippen LogP contribution in [0.15, 0.2) is 54.6 Å². The molecule has 0 aromatic heterocycles. The fraction of sp³-hybridized carbons (Fsp3) is 0.594. The first-order valence-electron chi connectivity index (χ1n) is 14.2. The van der Waals surface area contributed by atoms with Crippen molar-refractivity contribution in [1.82, 2.24) is 0 Å². The lowest BCUT2D eigenvalue weighted by molar-refractivity contribution is -0.941. The maximum atomic E-state index is 12.8. The Balaban J connectivity index is 0.00000612. The van der Waals surface area contributed by atoms with Crippen molar-refractivity contribution in [2.75, 3.05) is 19.6 Å². The molecule has 3 heteroatoms. The predicted molar refractivity (Wildman–Crippen MR) is 147 cm³/mol. The Hall–Kier alpha value is -1.45. The molecule has 0 N–H and O–H groups in total. The fourth-order valence-corrected chi connectivity index (χ4v) is 5.10. The van der Waals surface area contributed by atoms with Crippen molar-refractivity contribution in [2.24, 2.45) is 0 Å². The van der Waals surface area contributed by atoms with Gasteiger partial charge in [0.2, 0.25) is 0 Å². The minimum atomic E-state index is 0. The smallest absolute Gasteiger partial charge is 0.193 e. The molecule has 2 rings (SSSR count). The maximum absolute atomic E-state index is 12.8. The number of nitrogens with zero attached hydrogens (tertiary/aromatic N) is 1. The molecule has 2 aromatic carbocycles. The number of unbranched alkanes of at least 4 members (excludes halogenated alkanes) is 9. The first-order chi connectivity index (χ1) is 16.6. The zero-order chi connectivity index (χ0) is 24.5. The van der Waals surface area contributed by atoms with Crippen LogP contribution in [0.4, 0.5) is 0 Å². The Bertz CT molecular complexity index is 756. The highest BCUT2D eigenvalue weighted by Gasteiger charge is 2.27. The second kappa shape index (κ2) is 18.8. The number of hydrogen-bond acceptors (Lipinski definition) is 1. The van der Waals surface area contributed by atoms with E-state index in [2.05, 4.69) is 32.9 Å². The van der Waals surface area contributed by atoms with E-state index in [9.17, 15) is 4.79 Å². The normalized spacial score (nSPS) is 11.3. The summed E-state index contributed by atoms with van der Waals surface area (Å²) in [7, 11) is 0. The summed E-state index contributed by atoms with van der Waals surface area (Å²) in [4.78, 5) is 12.8. The number of ketones is 1. The number of hydrogen-bond donors (Lipinski definition) is 0. The van der Waals surface area contributed by atoms with Gasteiger partial charge in [-0.2, -0.15) is 0 Å². The van der Waals surface area contributed by atoms with Gasteiger partial charge < -0.3 is 21.5 Å². The molecule has 0 aliphatic carbocycles. The van der Waals surface area contributed by atoms with Gasteiger partial charge in [0.25, 0.3) is 0 Å². The summed E-state index contributed by atoms with van der Waals surface area (Å²) >= 11 is 0. The zero-order valence-electron chi connectivity index (χ0n) is 22.7. The number of halogens is 1. The van der Waals surface area contributed by atoms with E-state index < -0.39 is 0 Å². The first kappa shape index (κ1) is 31.6. The Morgan fingerprint density at radius 1 is 0.571 bits per heavy atom. The van der Waals surface area contributed by atoms with Gasteiger partial charge >= 0.3 is 0 Å². The summed E-state index contributed by atoms with van der Waals surface area (Å²) in [6.45, 7) is 11.9. The van der Waals surface area contributed by atoms with Crippen molar-refractivity contribution in [3.63, 3.8) is 0 Å². The number of carbonyl (C=O) groups excluding carboxylic acids is 1. The van der Waals surface area contributed by atoms with Crippen molar-refractivity contribution >= 4 is 5.78 Å². The second-order valence-corrected chi connectivity index (χ2v) is 10.2. The number of benzene rings is 2. The SMILES string of the molecule is CCCCCC[N+](CCCCCC)(CCCCCC)Cc1ccc(C(=O)c2ccccc2)cc1.[Br-]. The average Bonchev–Trinajstić information content (AvgIpc) is 2.88. The van der Waals surface area contributed by atoms with E-state index in [1.807, 2.05) is 42.5 Å². The van der Waals surface area contributed by atoms with Gasteiger partial charge in [-0.25, -0.2) is 0 Å². The van der Waals surface area contributed by atoms with Crippen LogP contribution in [0.5, 0.6) is 0 Å². The first-order valence-corrected chi connectivity index (χ1v) is 14.2. The van der Waals surface area contributed by atoms with Crippen LogP contribution in [-0.4, -0.2) is 29.9 Å². The molecular weight excluding hydrogens is 494 g/mol. The third-order valence-corrected chi connectivity index (χ3v) is 7.23. The molecule has 0 unspecified atom stereocenters. The van der Waals surface area contributed by atoms with Crippen LogP contribution in [0.1, 0.15) is 119 Å². The van der Waals surface area contributed by atoms with Gasteiger partial charge in [-0.05, 0) is 38.5 Å². The molecule has 196 valence electrons. The van der Waals surface area contributed by atoms with Crippen LogP contribution in [0.25, 0.3) is 0 Å². The topological polar surface area (TPSA) is 17.1 Å². The van der Waals surface area contributed by atoms with Crippen LogP contribution in [0.3, 0.4) is 0 Å². The van der Waals surface area contributed by atoms with E-state index in [-0.39, 0.29) is 22.8 Å². The summed E-state index contributed by atoms with van der Waals surface area (Å²) in [5, 5.41) is 0. The van der Waals surface area contributed by atoms with Crippen molar-refractivity contribution in [2.45, 2.75) is 104 Å². The fourth-order valence-electron chi connectivity index (χ4n) is 5.10. The van der Waals surface area contributed by atoms with Crippen LogP contribution in [0.2, 0.25) is 0 Å². The van der Waals surface area contributed by atoms with Gasteiger partial charge in [-0.15, -0.1) is 0 Å². The Kier molecular flexibility index (Phi) is 16.9. The van der Waals surface area contributed by atoms with Gasteiger partial charge in [0, 0.05) is 16.7 Å². The predicted octanol–water partition coefficient (Wildman–Crippen LogP) is 5.98. The summed E-state index contributed by atoms with van der Waals surface area (Å²) < 4.78 is 1.23. The van der Waals surface area contributed by atoms with E-state index in [0.717, 1.165) is 17.7 Å². The van der Waals surface area contributed by atoms with Gasteiger partial charge in [-0.1, -0.05) is 114 Å². The van der Waals surface area contributed by atoms with Gasteiger partial charge in [0.15, 0.2) is 5.78 Å². The summed E-state index contributed by atoms with van der Waals surface area (Å²) in [6.07, 6.45) is 16.0. The summed E-state index contributed by atoms with van der Waals surface area (Å²) in [5.74, 6) is 0.117. The van der Waals surface area contributed by atoms with E-state index >= 15 is 0 Å². The Labute approximate surface area is 226 Å². The van der Waals surface area contributed by atoms with Crippen molar-refractivity contribution in [3.8, 4) is 0 Å². The largest absolute Gasteiger partial charge is 1.00 e. The molecule has 0 saturated heterocycles. The van der Waals surface area contributed by atoms with E-state index in [0.29, 0.717) is 0 Å². The highest BCUT2D eigenvalue weighted by atomic mass is 79.9. The zero-order valence-corrected chi connectivity index (χ0v) is 24.3. The van der Waals surface area contributed by atoms with Gasteiger partial charge in [0.1, 0.15) is 6.54 Å². The lowest BCUT2D eigenvalue weighted by Gasteiger charge is -2.39. The average molecular weight is 545 g/mol. The van der Waals surface area contributed by atoms with E-state index in [4.69, 9.17) is 0 Å². The van der Waals surface area contributed by atoms with E-state index in [1.54, 1.807) is 0 Å². The molecule has 0 amide bonds. The summed E-state index contributed by atoms with van der Waals surface area (Å²) in [6, 6.07) is 18.2. The van der Waals surface area contributed by atoms with Gasteiger partial charge in [-0.3, -0.25) is 4.79 Å². The molecule has 0 aliphatic rings. The molecule has 0 spiro atoms. The quantitative estimate of drug-likeness (QED) is 0.121. The van der Waals surface area contributed by atoms with Crippen LogP contribution < -0.4 is 17.0 Å². The summed E-state index contributed by atoms with van der Waals surface area (Å²) in [5.41, 5.74) is 2.94. The molecule has 0 bridgehead atoms. The molecule has 35 heavy (non-hydrogen) atoms. The van der Waals surface area contributed by atoms with Crippen molar-refractivity contribution in [1.29, 1.82) is 0 Å². The molecule has 0 aliphatic heterocycles. The van der Waals surface area contributed by atoms with E-state index in [1.165, 1.54) is 107 Å². The molecule has 0 heterocycles. The van der Waals surface area contributed by atoms with Crippen LogP contribution in [0, 0.1) is 0 Å². The molecular formula is C32H50BrNO. The number of quaternary nitrogens is 1. The van der Waals surface area contributed by atoms with Crippen LogP contribution in [-0.2, 0) is 6.54 Å². The number of carbonyl (C=O) groups is 1. The molecule has 0 radical (unpaired) electrons. The lowest BCUT2D eigenvalue weighted by Crippen LogP contribution is -3.00. The molecule has 2 aromatic rings. The minimum absolute atomic E-state index is 0. The third kappa shape index (κ3) is 11.9. The number of rotatable bonds is 19. The highest BCUT2D eigenvalue weighted by Crippen LogP contribution is 2.22. The van der Waals surface area contributed by atoms with Crippen LogP contribution >= 0.6 is 0 Å². The second-order valence-electron chi connectivity index (χ2n) is 10.2. The highest BCUT2D eigenvalue weighted by molar-refractivity contribution is 6.08. The Morgan fingerprint density at radius 3 is 1.43 bits per heavy atom. The molecule has 0 fully saturated rings. The third-order valence-electron chi connectivity index (χ3n) is 7.23. The molecule has 2 nitrogen and oxygen atoms in total.